The fraction of sp³-hybridized carbons (Fsp3) is 0.333. The van der Waals surface area contributed by atoms with Gasteiger partial charge in [0.2, 0.25) is 5.91 Å². The van der Waals surface area contributed by atoms with Crippen LogP contribution in [0.5, 0.6) is 5.75 Å². The highest BCUT2D eigenvalue weighted by Crippen LogP contribution is 2.33. The molecule has 0 bridgehead atoms. The van der Waals surface area contributed by atoms with Gasteiger partial charge in [-0.05, 0) is 55.8 Å². The Hall–Kier alpha value is -3.84. The van der Waals surface area contributed by atoms with E-state index in [2.05, 4.69) is 34.3 Å². The number of urea groups is 1. The molecule has 2 heterocycles. The van der Waals surface area contributed by atoms with Crippen molar-refractivity contribution in [3.8, 4) is 5.75 Å². The number of ether oxygens (including phenoxy) is 1. The molecule has 7 heteroatoms. The summed E-state index contributed by atoms with van der Waals surface area (Å²) in [5.74, 6) is -0.0134. The third-order valence-corrected chi connectivity index (χ3v) is 7.27. The number of benzene rings is 3. The average Bonchev–Trinajstić information content (AvgIpc) is 2.93. The number of nitrogens with zero attached hydrogens (tertiary/aromatic N) is 3. The van der Waals surface area contributed by atoms with E-state index in [1.54, 1.807) is 0 Å². The van der Waals surface area contributed by atoms with Gasteiger partial charge < -0.3 is 19.9 Å². The van der Waals surface area contributed by atoms with Gasteiger partial charge in [-0.3, -0.25) is 4.79 Å². The van der Waals surface area contributed by atoms with E-state index in [1.165, 1.54) is 4.90 Å². The predicted octanol–water partition coefficient (Wildman–Crippen LogP) is 4.32. The van der Waals surface area contributed by atoms with E-state index in [4.69, 9.17) is 4.74 Å². The maximum absolute atomic E-state index is 13.2. The second-order valence-electron chi connectivity index (χ2n) is 9.88. The quantitative estimate of drug-likeness (QED) is 0.492. The van der Waals surface area contributed by atoms with Crippen LogP contribution in [0, 0.1) is 5.92 Å². The highest BCUT2D eigenvalue weighted by molar-refractivity contribution is 6.01. The molecular formula is C30H34N4O3. The Balaban J connectivity index is 1.31. The van der Waals surface area contributed by atoms with Gasteiger partial charge in [-0.2, -0.15) is 0 Å². The van der Waals surface area contributed by atoms with Crippen LogP contribution < -0.4 is 15.0 Å². The van der Waals surface area contributed by atoms with Crippen LogP contribution in [-0.2, 0) is 11.2 Å². The van der Waals surface area contributed by atoms with Gasteiger partial charge >= 0.3 is 6.03 Å². The third kappa shape index (κ3) is 5.62. The lowest BCUT2D eigenvalue weighted by Crippen LogP contribution is -2.68. The lowest BCUT2D eigenvalue weighted by atomic mass is 9.89. The number of likely N-dealkylation sites (N-methyl/N-ethyl adjacent to an activating group) is 1. The number of imide groups is 1. The van der Waals surface area contributed by atoms with Crippen molar-refractivity contribution in [2.24, 2.45) is 5.92 Å². The fourth-order valence-electron chi connectivity index (χ4n) is 4.95. The Kier molecular flexibility index (Phi) is 7.42. The van der Waals surface area contributed by atoms with E-state index in [-0.39, 0.29) is 11.9 Å². The molecule has 0 aliphatic carbocycles. The highest BCUT2D eigenvalue weighted by Gasteiger charge is 2.52. The first-order chi connectivity index (χ1) is 18.0. The highest BCUT2D eigenvalue weighted by atomic mass is 16.5. The van der Waals surface area contributed by atoms with Gasteiger partial charge in [0.25, 0.3) is 0 Å². The van der Waals surface area contributed by atoms with Crippen LogP contribution in [0.3, 0.4) is 0 Å². The Labute approximate surface area is 218 Å². The van der Waals surface area contributed by atoms with E-state index >= 15 is 0 Å². The van der Waals surface area contributed by atoms with E-state index in [0.717, 1.165) is 43.0 Å². The molecule has 2 aliphatic heterocycles. The van der Waals surface area contributed by atoms with Gasteiger partial charge in [0.15, 0.2) is 6.23 Å². The van der Waals surface area contributed by atoms with Gasteiger partial charge in [0.1, 0.15) is 5.75 Å². The molecule has 0 spiro atoms. The number of hydrogen-bond acceptors (Lipinski definition) is 5. The van der Waals surface area contributed by atoms with Gasteiger partial charge in [0.05, 0.1) is 12.0 Å². The molecule has 37 heavy (non-hydrogen) atoms. The summed E-state index contributed by atoms with van der Waals surface area (Å²) in [6.45, 7) is 5.96. The van der Waals surface area contributed by atoms with Crippen LogP contribution in [0.1, 0.15) is 24.1 Å². The number of amides is 3. The number of carbonyl (C=O) groups excluding carboxylic acids is 2. The number of β-lactam (4-membered cyclic amide) rings is 1. The number of carbonyl (C=O) groups is 2. The van der Waals surface area contributed by atoms with Crippen molar-refractivity contribution in [1.29, 1.82) is 0 Å². The molecule has 7 nitrogen and oxygen atoms in total. The van der Waals surface area contributed by atoms with Gasteiger partial charge in [-0.1, -0.05) is 60.7 Å². The van der Waals surface area contributed by atoms with Crippen LogP contribution in [0.4, 0.5) is 10.5 Å². The van der Waals surface area contributed by atoms with E-state index in [9.17, 15) is 9.59 Å². The fourth-order valence-corrected chi connectivity index (χ4v) is 4.95. The van der Waals surface area contributed by atoms with Crippen molar-refractivity contribution < 1.29 is 14.3 Å². The summed E-state index contributed by atoms with van der Waals surface area (Å²) in [4.78, 5) is 32.3. The molecule has 0 unspecified atom stereocenters. The van der Waals surface area contributed by atoms with Gasteiger partial charge in [0, 0.05) is 31.9 Å². The van der Waals surface area contributed by atoms with Crippen molar-refractivity contribution in [3.63, 3.8) is 0 Å². The van der Waals surface area contributed by atoms with Gasteiger partial charge in [-0.25, -0.2) is 9.69 Å². The maximum Gasteiger partial charge on any atom is 0.327 e. The molecule has 2 fully saturated rings. The molecule has 3 atom stereocenters. The lowest BCUT2D eigenvalue weighted by molar-refractivity contribution is -0.166. The van der Waals surface area contributed by atoms with Crippen LogP contribution in [0.25, 0.3) is 0 Å². The van der Waals surface area contributed by atoms with Crippen LogP contribution in [0.2, 0.25) is 0 Å². The summed E-state index contributed by atoms with van der Waals surface area (Å²) in [6, 6.07) is 26.8. The number of anilines is 1. The number of rotatable bonds is 7. The largest absolute Gasteiger partial charge is 0.469 e. The standard InChI is InChI=1S/C30H34N4O3/c1-22(24-11-7-4-8-12-24)31-30(36)34-28(35)27(21-23-9-5-3-6-10-23)29(34)37-26-15-13-25(14-16-26)33-19-17-32(2)18-20-33/h3-16,22,27,29H,17-21H2,1-2H3,(H,31,36)/t22-,27-,29-/m1/s1. The Bertz CT molecular complexity index is 1190. The second kappa shape index (κ2) is 11.0. The van der Waals surface area contributed by atoms with E-state index in [1.807, 2.05) is 79.7 Å². The summed E-state index contributed by atoms with van der Waals surface area (Å²) < 4.78 is 6.30. The first kappa shape index (κ1) is 24.8. The monoisotopic (exact) mass is 498 g/mol. The third-order valence-electron chi connectivity index (χ3n) is 7.27. The molecule has 5 rings (SSSR count). The maximum atomic E-state index is 13.2. The van der Waals surface area contributed by atoms with Crippen molar-refractivity contribution in [2.75, 3.05) is 38.1 Å². The van der Waals surface area contributed by atoms with E-state index in [0.29, 0.717) is 12.2 Å². The molecule has 2 saturated heterocycles. The van der Waals surface area contributed by atoms with Crippen LogP contribution >= 0.6 is 0 Å². The Morgan fingerprint density at radius 1 is 0.919 bits per heavy atom. The Morgan fingerprint density at radius 3 is 2.19 bits per heavy atom. The molecule has 192 valence electrons. The number of likely N-dealkylation sites (tertiary alicyclic amines) is 1. The lowest BCUT2D eigenvalue weighted by Gasteiger charge is -2.45. The van der Waals surface area contributed by atoms with Crippen molar-refractivity contribution >= 4 is 17.6 Å². The molecule has 0 aromatic heterocycles. The molecule has 1 N–H and O–H groups in total. The molecule has 0 saturated carbocycles. The second-order valence-corrected chi connectivity index (χ2v) is 9.88. The minimum atomic E-state index is -0.676. The molecule has 3 aromatic carbocycles. The number of nitrogens with one attached hydrogen (secondary N) is 1. The normalized spacial score (nSPS) is 20.8. The van der Waals surface area contributed by atoms with Crippen LogP contribution in [-0.4, -0.2) is 61.2 Å². The average molecular weight is 499 g/mol. The summed E-state index contributed by atoms with van der Waals surface area (Å²) >= 11 is 0. The van der Waals surface area contributed by atoms with Gasteiger partial charge in [-0.15, -0.1) is 0 Å². The summed E-state index contributed by atoms with van der Waals surface area (Å²) in [5, 5.41) is 2.96. The first-order valence-electron chi connectivity index (χ1n) is 12.9. The SMILES string of the molecule is C[C@@H](NC(=O)N1C(=O)[C@@H](Cc2ccccc2)[C@H]1Oc1ccc(N2CCN(C)CC2)cc1)c1ccccc1. The van der Waals surface area contributed by atoms with Crippen molar-refractivity contribution in [3.05, 3.63) is 96.1 Å². The number of piperazine rings is 1. The summed E-state index contributed by atoms with van der Waals surface area (Å²) in [6.07, 6.45) is -0.160. The molecular weight excluding hydrogens is 464 g/mol. The first-order valence-corrected chi connectivity index (χ1v) is 12.9. The minimum Gasteiger partial charge on any atom is -0.469 e. The molecule has 3 aromatic rings. The van der Waals surface area contributed by atoms with Crippen LogP contribution in [0.15, 0.2) is 84.9 Å². The summed E-state index contributed by atoms with van der Waals surface area (Å²) in [7, 11) is 2.14. The molecule has 2 aliphatic rings. The van der Waals surface area contributed by atoms with Crippen molar-refractivity contribution in [1.82, 2.24) is 15.1 Å². The smallest absolute Gasteiger partial charge is 0.327 e. The Morgan fingerprint density at radius 2 is 1.54 bits per heavy atom. The van der Waals surface area contributed by atoms with E-state index < -0.39 is 18.2 Å². The predicted molar refractivity (Wildman–Crippen MR) is 144 cm³/mol. The number of hydrogen-bond donors (Lipinski definition) is 1. The summed E-state index contributed by atoms with van der Waals surface area (Å²) in [5.41, 5.74) is 3.16. The zero-order chi connectivity index (χ0) is 25.8. The molecule has 3 amide bonds. The minimum absolute atomic E-state index is 0.222. The zero-order valence-electron chi connectivity index (χ0n) is 21.4. The molecule has 0 radical (unpaired) electrons. The zero-order valence-corrected chi connectivity index (χ0v) is 21.4. The van der Waals surface area contributed by atoms with Crippen molar-refractivity contribution in [2.45, 2.75) is 25.6 Å². The topological polar surface area (TPSA) is 65.1 Å².